The fraction of sp³-hybridized carbons (Fsp3) is 0.310. The van der Waals surface area contributed by atoms with E-state index in [0.717, 1.165) is 11.6 Å². The first-order valence-corrected chi connectivity index (χ1v) is 13.0. The first-order chi connectivity index (χ1) is 19.2. The summed E-state index contributed by atoms with van der Waals surface area (Å²) in [4.78, 5) is 46.7. The summed E-state index contributed by atoms with van der Waals surface area (Å²) < 4.78 is 28.7. The van der Waals surface area contributed by atoms with Crippen molar-refractivity contribution in [3.63, 3.8) is 0 Å². The van der Waals surface area contributed by atoms with Gasteiger partial charge in [0.25, 0.3) is 11.8 Å². The zero-order valence-corrected chi connectivity index (χ0v) is 21.8. The van der Waals surface area contributed by atoms with E-state index in [1.807, 2.05) is 37.3 Å². The summed E-state index contributed by atoms with van der Waals surface area (Å²) in [5, 5.41) is 17.7. The average molecular weight is 551 g/mol. The zero-order chi connectivity index (χ0) is 28.4. The predicted octanol–water partition coefficient (Wildman–Crippen LogP) is 3.56. The highest BCUT2D eigenvalue weighted by atomic mass is 19.1. The molecule has 2 bridgehead atoms. The first-order valence-electron chi connectivity index (χ1n) is 13.0. The maximum Gasteiger partial charge on any atom is 0.274 e. The summed E-state index contributed by atoms with van der Waals surface area (Å²) in [5.41, 5.74) is 0.101. The summed E-state index contributed by atoms with van der Waals surface area (Å²) in [5.74, 6) is -3.84. The number of amides is 2. The minimum atomic E-state index is -1.02. The van der Waals surface area contributed by atoms with Crippen LogP contribution in [0.15, 0.2) is 64.7 Å². The zero-order valence-electron chi connectivity index (χ0n) is 21.8. The van der Waals surface area contributed by atoms with E-state index in [2.05, 4.69) is 10.5 Å². The number of rotatable bonds is 5. The molecule has 2 aromatic carbocycles. The van der Waals surface area contributed by atoms with Crippen LogP contribution in [0.5, 0.6) is 5.75 Å². The fourth-order valence-electron chi connectivity index (χ4n) is 5.06. The molecule has 0 unspecified atom stereocenters. The number of aromatic nitrogens is 1. The third-order valence-corrected chi connectivity index (χ3v) is 7.25. The van der Waals surface area contributed by atoms with Crippen LogP contribution in [0, 0.1) is 11.6 Å². The molecule has 3 heterocycles. The van der Waals surface area contributed by atoms with Crippen LogP contribution in [0.2, 0.25) is 0 Å². The summed E-state index contributed by atoms with van der Waals surface area (Å²) in [6.07, 6.45) is 2.55. The van der Waals surface area contributed by atoms with E-state index in [9.17, 15) is 28.3 Å². The van der Waals surface area contributed by atoms with E-state index >= 15 is 0 Å². The predicted molar refractivity (Wildman–Crippen MR) is 142 cm³/mol. The maximum atomic E-state index is 14.1. The SMILES string of the molecule is C[C@H]1CCO/N=C(/Cc2ccccc2)C[C@H]2CN1C(=O)c1c(O)c(=O)c(C(=O)NCc3ccc(F)cc3F)cn12. The maximum absolute atomic E-state index is 14.1. The van der Waals surface area contributed by atoms with E-state index in [1.165, 1.54) is 16.8 Å². The van der Waals surface area contributed by atoms with Gasteiger partial charge < -0.3 is 24.7 Å². The van der Waals surface area contributed by atoms with Crippen LogP contribution in [-0.2, 0) is 17.8 Å². The number of nitrogens with zero attached hydrogens (tertiary/aromatic N) is 3. The van der Waals surface area contributed by atoms with Gasteiger partial charge in [0, 0.05) is 56.2 Å². The molecule has 208 valence electrons. The minimum absolute atomic E-state index is 0.0194. The van der Waals surface area contributed by atoms with Crippen molar-refractivity contribution in [2.75, 3.05) is 13.2 Å². The number of hydrogen-bond acceptors (Lipinski definition) is 6. The van der Waals surface area contributed by atoms with Crippen LogP contribution in [0.4, 0.5) is 8.78 Å². The van der Waals surface area contributed by atoms with E-state index in [4.69, 9.17) is 4.84 Å². The molecule has 2 aliphatic heterocycles. The molecule has 0 aliphatic carbocycles. The molecule has 2 atom stereocenters. The van der Waals surface area contributed by atoms with Gasteiger partial charge in [-0.1, -0.05) is 41.6 Å². The smallest absolute Gasteiger partial charge is 0.274 e. The highest BCUT2D eigenvalue weighted by Gasteiger charge is 2.38. The Morgan fingerprint density at radius 1 is 1.18 bits per heavy atom. The molecule has 2 amide bonds. The number of benzene rings is 2. The normalized spacial score (nSPS) is 20.1. The van der Waals surface area contributed by atoms with Crippen molar-refractivity contribution in [3.8, 4) is 5.75 Å². The van der Waals surface area contributed by atoms with Gasteiger partial charge in [-0.05, 0) is 18.6 Å². The Balaban J connectivity index is 1.50. The van der Waals surface area contributed by atoms with Crippen LogP contribution in [0.25, 0.3) is 0 Å². The molecule has 0 spiro atoms. The number of nitrogens with one attached hydrogen (secondary N) is 1. The highest BCUT2D eigenvalue weighted by Crippen LogP contribution is 2.31. The second kappa shape index (κ2) is 11.3. The Morgan fingerprint density at radius 3 is 2.70 bits per heavy atom. The van der Waals surface area contributed by atoms with Crippen molar-refractivity contribution in [1.29, 1.82) is 0 Å². The molecule has 1 aromatic heterocycles. The highest BCUT2D eigenvalue weighted by molar-refractivity contribution is 5.99. The quantitative estimate of drug-likeness (QED) is 0.505. The van der Waals surface area contributed by atoms with Crippen LogP contribution in [-0.4, -0.2) is 51.3 Å². The van der Waals surface area contributed by atoms with Crippen LogP contribution >= 0.6 is 0 Å². The van der Waals surface area contributed by atoms with Crippen molar-refractivity contribution in [3.05, 3.63) is 99.0 Å². The molecule has 9 nitrogen and oxygen atoms in total. The molecular weight excluding hydrogens is 522 g/mol. The number of halogens is 2. The lowest BCUT2D eigenvalue weighted by atomic mass is 9.97. The molecule has 11 heteroatoms. The Bertz CT molecular complexity index is 1540. The Morgan fingerprint density at radius 2 is 1.95 bits per heavy atom. The third-order valence-electron chi connectivity index (χ3n) is 7.25. The molecule has 5 rings (SSSR count). The number of carbonyl (C=O) groups is 2. The molecule has 2 N–H and O–H groups in total. The van der Waals surface area contributed by atoms with Gasteiger partial charge in [0.1, 0.15) is 23.8 Å². The minimum Gasteiger partial charge on any atom is -0.503 e. The third kappa shape index (κ3) is 5.45. The molecule has 2 aliphatic rings. The topological polar surface area (TPSA) is 113 Å². The fourth-order valence-corrected chi connectivity index (χ4v) is 5.06. The van der Waals surface area contributed by atoms with Crippen molar-refractivity contribution in [2.24, 2.45) is 5.16 Å². The Labute approximate surface area is 228 Å². The van der Waals surface area contributed by atoms with Crippen molar-refractivity contribution in [1.82, 2.24) is 14.8 Å². The second-order valence-electron chi connectivity index (χ2n) is 10.0. The van der Waals surface area contributed by atoms with Gasteiger partial charge in [0.2, 0.25) is 5.43 Å². The monoisotopic (exact) mass is 550 g/mol. The Hall–Kier alpha value is -4.54. The van der Waals surface area contributed by atoms with Gasteiger partial charge >= 0.3 is 0 Å². The molecule has 0 saturated carbocycles. The lowest BCUT2D eigenvalue weighted by Crippen LogP contribution is -2.49. The van der Waals surface area contributed by atoms with Gasteiger partial charge in [-0.3, -0.25) is 14.4 Å². The number of fused-ring (bicyclic) bond motifs is 4. The lowest BCUT2D eigenvalue weighted by molar-refractivity contribution is 0.0496. The van der Waals surface area contributed by atoms with Crippen molar-refractivity contribution >= 4 is 17.5 Å². The van der Waals surface area contributed by atoms with Crippen molar-refractivity contribution < 1.29 is 28.3 Å². The van der Waals surface area contributed by atoms with E-state index in [0.29, 0.717) is 37.6 Å². The molecule has 0 fully saturated rings. The lowest BCUT2D eigenvalue weighted by Gasteiger charge is -2.40. The van der Waals surface area contributed by atoms with Gasteiger partial charge in [-0.2, -0.15) is 0 Å². The van der Waals surface area contributed by atoms with E-state index < -0.39 is 46.2 Å². The number of carbonyl (C=O) groups excluding carboxylic acids is 2. The standard InChI is InChI=1S/C29H28F2N4O5/c1-17-9-10-40-33-21(11-18-5-3-2-4-6-18)13-22-15-34(17)29(39)25-27(37)26(36)23(16-35(22)25)28(38)32-14-19-7-8-20(30)12-24(19)31/h2-8,12,16-17,22,37H,9-11,13-15H2,1H3,(H,32,38)/b33-21-/t17-,22-/m0/s1. The summed E-state index contributed by atoms with van der Waals surface area (Å²) in [7, 11) is 0. The van der Waals surface area contributed by atoms with Crippen LogP contribution < -0.4 is 10.7 Å². The summed E-state index contributed by atoms with van der Waals surface area (Å²) in [6, 6.07) is 11.9. The molecule has 0 radical (unpaired) electrons. The number of hydrogen-bond donors (Lipinski definition) is 2. The summed E-state index contributed by atoms with van der Waals surface area (Å²) >= 11 is 0. The molecule has 40 heavy (non-hydrogen) atoms. The van der Waals surface area contributed by atoms with Gasteiger partial charge in [-0.25, -0.2) is 8.78 Å². The largest absolute Gasteiger partial charge is 0.503 e. The van der Waals surface area contributed by atoms with Crippen LogP contribution in [0.3, 0.4) is 0 Å². The molecular formula is C29H28F2N4O5. The second-order valence-corrected chi connectivity index (χ2v) is 10.0. The number of aromatic hydroxyl groups is 1. The Kier molecular flexibility index (Phi) is 7.63. The van der Waals surface area contributed by atoms with Gasteiger partial charge in [0.05, 0.1) is 11.8 Å². The number of pyridine rings is 1. The van der Waals surface area contributed by atoms with Gasteiger partial charge in [-0.15, -0.1) is 0 Å². The van der Waals surface area contributed by atoms with Crippen molar-refractivity contribution in [2.45, 2.75) is 44.8 Å². The van der Waals surface area contributed by atoms with E-state index in [1.54, 1.807) is 4.90 Å². The van der Waals surface area contributed by atoms with Gasteiger partial charge in [0.15, 0.2) is 11.4 Å². The molecule has 3 aromatic rings. The average Bonchev–Trinajstić information content (AvgIpc) is 2.93. The first kappa shape index (κ1) is 27.0. The van der Waals surface area contributed by atoms with E-state index in [-0.39, 0.29) is 30.4 Å². The molecule has 0 saturated heterocycles. The summed E-state index contributed by atoms with van der Waals surface area (Å²) in [6.45, 7) is 2.10. The number of oxime groups is 1. The van der Waals surface area contributed by atoms with Crippen LogP contribution in [0.1, 0.15) is 57.8 Å².